The first-order valence-electron chi connectivity index (χ1n) is 8.86. The van der Waals surface area contributed by atoms with Crippen molar-refractivity contribution in [2.75, 3.05) is 20.8 Å². The van der Waals surface area contributed by atoms with Gasteiger partial charge in [-0.05, 0) is 43.5 Å². The number of benzene rings is 1. The molecule has 0 fully saturated rings. The van der Waals surface area contributed by atoms with E-state index in [0.29, 0.717) is 45.1 Å². The molecule has 0 unspecified atom stereocenters. The first-order chi connectivity index (χ1) is 13.5. The highest BCUT2D eigenvalue weighted by Gasteiger charge is 2.20. The lowest BCUT2D eigenvalue weighted by atomic mass is 10.1. The van der Waals surface area contributed by atoms with E-state index in [0.717, 1.165) is 5.56 Å². The van der Waals surface area contributed by atoms with Gasteiger partial charge in [-0.2, -0.15) is 0 Å². The standard InChI is InChI=1S/C20H22N2O5S/c1-5-27-20(24)17-12(2)16-18(28-17)21-11-22(19(16)23)9-8-13-6-7-14(25-3)15(10-13)26-4/h6-7,10-11H,5,8-9H2,1-4H3. The Morgan fingerprint density at radius 2 is 1.96 bits per heavy atom. The summed E-state index contributed by atoms with van der Waals surface area (Å²) in [6.07, 6.45) is 2.15. The van der Waals surface area contributed by atoms with Crippen molar-refractivity contribution in [3.63, 3.8) is 0 Å². The minimum Gasteiger partial charge on any atom is -0.493 e. The van der Waals surface area contributed by atoms with Crippen molar-refractivity contribution in [2.24, 2.45) is 0 Å². The molecule has 28 heavy (non-hydrogen) atoms. The quantitative estimate of drug-likeness (QED) is 0.565. The second kappa shape index (κ2) is 8.43. The summed E-state index contributed by atoms with van der Waals surface area (Å²) in [6.45, 7) is 4.25. The largest absolute Gasteiger partial charge is 0.493 e. The van der Waals surface area contributed by atoms with Gasteiger partial charge in [0.15, 0.2) is 11.5 Å². The molecule has 0 amide bonds. The maximum Gasteiger partial charge on any atom is 0.348 e. The summed E-state index contributed by atoms with van der Waals surface area (Å²) in [5.74, 6) is 0.889. The molecule has 0 aliphatic heterocycles. The lowest BCUT2D eigenvalue weighted by molar-refractivity contribution is 0.0531. The van der Waals surface area contributed by atoms with Gasteiger partial charge in [0.25, 0.3) is 5.56 Å². The first kappa shape index (κ1) is 19.9. The predicted octanol–water partition coefficient (Wildman–Crippen LogP) is 3.20. The van der Waals surface area contributed by atoms with E-state index < -0.39 is 5.97 Å². The van der Waals surface area contributed by atoms with Gasteiger partial charge in [-0.3, -0.25) is 9.36 Å². The normalized spacial score (nSPS) is 10.9. The number of hydrogen-bond acceptors (Lipinski definition) is 7. The molecule has 0 atom stereocenters. The molecule has 0 aliphatic carbocycles. The molecule has 2 aromatic heterocycles. The van der Waals surface area contributed by atoms with Crippen LogP contribution in [0.5, 0.6) is 11.5 Å². The smallest absolute Gasteiger partial charge is 0.348 e. The predicted molar refractivity (Wildman–Crippen MR) is 108 cm³/mol. The minimum absolute atomic E-state index is 0.158. The maximum atomic E-state index is 12.9. The van der Waals surface area contributed by atoms with Gasteiger partial charge in [-0.25, -0.2) is 9.78 Å². The number of methoxy groups -OCH3 is 2. The highest BCUT2D eigenvalue weighted by Crippen LogP contribution is 2.29. The van der Waals surface area contributed by atoms with Crippen LogP contribution in [0.1, 0.15) is 27.7 Å². The zero-order valence-electron chi connectivity index (χ0n) is 16.3. The van der Waals surface area contributed by atoms with E-state index in [1.165, 1.54) is 17.7 Å². The topological polar surface area (TPSA) is 79.7 Å². The lowest BCUT2D eigenvalue weighted by Gasteiger charge is -2.10. The van der Waals surface area contributed by atoms with Crippen LogP contribution in [0.4, 0.5) is 0 Å². The molecule has 7 nitrogen and oxygen atoms in total. The van der Waals surface area contributed by atoms with E-state index in [1.54, 1.807) is 32.6 Å². The second-order valence-corrected chi connectivity index (χ2v) is 7.14. The Labute approximate surface area is 166 Å². The Morgan fingerprint density at radius 1 is 1.21 bits per heavy atom. The third-order valence-electron chi connectivity index (χ3n) is 4.47. The Balaban J connectivity index is 1.88. The van der Waals surface area contributed by atoms with Gasteiger partial charge in [-0.15, -0.1) is 11.3 Å². The Hall–Kier alpha value is -2.87. The average molecular weight is 402 g/mol. The van der Waals surface area contributed by atoms with Gasteiger partial charge in [0.2, 0.25) is 0 Å². The van der Waals surface area contributed by atoms with Crippen LogP contribution in [-0.4, -0.2) is 36.3 Å². The monoisotopic (exact) mass is 402 g/mol. The fourth-order valence-electron chi connectivity index (χ4n) is 3.00. The number of carbonyl (C=O) groups excluding carboxylic acids is 1. The molecule has 0 aliphatic rings. The number of carbonyl (C=O) groups is 1. The summed E-state index contributed by atoms with van der Waals surface area (Å²) in [7, 11) is 3.18. The molecule has 8 heteroatoms. The van der Waals surface area contributed by atoms with Crippen molar-refractivity contribution in [1.82, 2.24) is 9.55 Å². The van der Waals surface area contributed by atoms with Crippen LogP contribution in [0.2, 0.25) is 0 Å². The Bertz CT molecular complexity index is 1070. The molecule has 0 N–H and O–H groups in total. The molecular formula is C20H22N2O5S. The molecule has 3 rings (SSSR count). The Kier molecular flexibility index (Phi) is 5.99. The number of fused-ring (bicyclic) bond motifs is 1. The van der Waals surface area contributed by atoms with Crippen molar-refractivity contribution in [3.8, 4) is 11.5 Å². The molecule has 0 spiro atoms. The van der Waals surface area contributed by atoms with E-state index in [-0.39, 0.29) is 12.2 Å². The van der Waals surface area contributed by atoms with Gasteiger partial charge >= 0.3 is 5.97 Å². The third-order valence-corrected chi connectivity index (χ3v) is 5.65. The van der Waals surface area contributed by atoms with Crippen molar-refractivity contribution in [2.45, 2.75) is 26.8 Å². The zero-order chi connectivity index (χ0) is 20.3. The number of ether oxygens (including phenoxy) is 3. The van der Waals surface area contributed by atoms with Crippen LogP contribution < -0.4 is 15.0 Å². The number of rotatable bonds is 7. The number of hydrogen-bond donors (Lipinski definition) is 0. The lowest BCUT2D eigenvalue weighted by Crippen LogP contribution is -2.21. The summed E-state index contributed by atoms with van der Waals surface area (Å²) in [4.78, 5) is 30.4. The van der Waals surface area contributed by atoms with Crippen molar-refractivity contribution < 1.29 is 19.0 Å². The third kappa shape index (κ3) is 3.73. The van der Waals surface area contributed by atoms with E-state index in [1.807, 2.05) is 18.2 Å². The number of aromatic nitrogens is 2. The van der Waals surface area contributed by atoms with Crippen LogP contribution in [0.25, 0.3) is 10.2 Å². The van der Waals surface area contributed by atoms with Crippen molar-refractivity contribution >= 4 is 27.5 Å². The van der Waals surface area contributed by atoms with Crippen molar-refractivity contribution in [1.29, 1.82) is 0 Å². The summed E-state index contributed by atoms with van der Waals surface area (Å²) in [5, 5.41) is 0.475. The number of aryl methyl sites for hydroxylation is 3. The molecule has 0 saturated carbocycles. The first-order valence-corrected chi connectivity index (χ1v) is 9.68. The molecule has 2 heterocycles. The molecule has 0 bridgehead atoms. The second-order valence-electron chi connectivity index (χ2n) is 6.14. The average Bonchev–Trinajstić information content (AvgIpc) is 3.04. The minimum atomic E-state index is -0.417. The molecule has 0 saturated heterocycles. The summed E-state index contributed by atoms with van der Waals surface area (Å²) < 4.78 is 17.2. The Morgan fingerprint density at radius 3 is 2.64 bits per heavy atom. The fourth-order valence-corrected chi connectivity index (χ4v) is 4.03. The highest BCUT2D eigenvalue weighted by atomic mass is 32.1. The highest BCUT2D eigenvalue weighted by molar-refractivity contribution is 7.20. The van der Waals surface area contributed by atoms with Crippen LogP contribution in [0, 0.1) is 6.92 Å². The SMILES string of the molecule is CCOC(=O)c1sc2ncn(CCc3ccc(OC)c(OC)c3)c(=O)c2c1C. The number of esters is 1. The van der Waals surface area contributed by atoms with Gasteiger partial charge in [-0.1, -0.05) is 6.07 Å². The van der Waals surface area contributed by atoms with E-state index in [9.17, 15) is 9.59 Å². The molecule has 148 valence electrons. The summed E-state index contributed by atoms with van der Waals surface area (Å²) >= 11 is 1.19. The van der Waals surface area contributed by atoms with Gasteiger partial charge in [0.05, 0.1) is 32.5 Å². The summed E-state index contributed by atoms with van der Waals surface area (Å²) in [6, 6.07) is 5.67. The van der Waals surface area contributed by atoms with Crippen molar-refractivity contribution in [3.05, 3.63) is 50.9 Å². The molecule has 1 aromatic carbocycles. The molecule has 0 radical (unpaired) electrons. The van der Waals surface area contributed by atoms with E-state index >= 15 is 0 Å². The number of thiophene rings is 1. The molecule has 3 aromatic rings. The zero-order valence-corrected chi connectivity index (χ0v) is 17.1. The van der Waals surface area contributed by atoms with Crippen LogP contribution in [-0.2, 0) is 17.7 Å². The van der Waals surface area contributed by atoms with Gasteiger partial charge in [0.1, 0.15) is 9.71 Å². The maximum absolute atomic E-state index is 12.9. The summed E-state index contributed by atoms with van der Waals surface area (Å²) in [5.41, 5.74) is 1.48. The van der Waals surface area contributed by atoms with Gasteiger partial charge in [0, 0.05) is 6.54 Å². The molecular weight excluding hydrogens is 380 g/mol. The fraction of sp³-hybridized carbons (Fsp3) is 0.350. The van der Waals surface area contributed by atoms with E-state index in [2.05, 4.69) is 4.98 Å². The van der Waals surface area contributed by atoms with Crippen LogP contribution in [0.15, 0.2) is 29.3 Å². The van der Waals surface area contributed by atoms with Crippen LogP contribution >= 0.6 is 11.3 Å². The van der Waals surface area contributed by atoms with E-state index in [4.69, 9.17) is 14.2 Å². The van der Waals surface area contributed by atoms with Crippen LogP contribution in [0.3, 0.4) is 0 Å². The van der Waals surface area contributed by atoms with Gasteiger partial charge < -0.3 is 14.2 Å². The number of nitrogens with zero attached hydrogens (tertiary/aromatic N) is 2.